The summed E-state index contributed by atoms with van der Waals surface area (Å²) in [5.41, 5.74) is 7.97. The second kappa shape index (κ2) is 5.81. The van der Waals surface area contributed by atoms with Gasteiger partial charge in [-0.05, 0) is 19.4 Å². The van der Waals surface area contributed by atoms with Gasteiger partial charge < -0.3 is 10.5 Å². The molecule has 0 fully saturated rings. The number of amidine groups is 1. The van der Waals surface area contributed by atoms with Crippen molar-refractivity contribution in [3.8, 4) is 0 Å². The maximum absolute atomic E-state index is 7.56. The van der Waals surface area contributed by atoms with E-state index in [9.17, 15) is 0 Å². The van der Waals surface area contributed by atoms with Crippen LogP contribution in [0, 0.1) is 19.3 Å². The summed E-state index contributed by atoms with van der Waals surface area (Å²) < 4.78 is 4.96. The summed E-state index contributed by atoms with van der Waals surface area (Å²) in [6, 6.07) is 0. The minimum absolute atomic E-state index is 0.0374. The molecule has 1 aromatic rings. The molecule has 5 nitrogen and oxygen atoms in total. The molecule has 88 valence electrons. The van der Waals surface area contributed by atoms with Gasteiger partial charge in [-0.1, -0.05) is 0 Å². The van der Waals surface area contributed by atoms with Crippen molar-refractivity contribution in [2.45, 2.75) is 18.9 Å². The molecule has 0 saturated carbocycles. The summed E-state index contributed by atoms with van der Waals surface area (Å²) in [6.07, 6.45) is 0. The van der Waals surface area contributed by atoms with Crippen molar-refractivity contribution in [1.29, 1.82) is 5.41 Å². The maximum Gasteiger partial charge on any atom is 0.130 e. The Morgan fingerprint density at radius 1 is 1.44 bits per heavy atom. The molecule has 0 aromatic carbocycles. The first-order chi connectivity index (χ1) is 7.57. The summed E-state index contributed by atoms with van der Waals surface area (Å²) in [4.78, 5) is 0. The summed E-state index contributed by atoms with van der Waals surface area (Å²) in [6.45, 7) is 4.40. The van der Waals surface area contributed by atoms with E-state index in [2.05, 4.69) is 10.2 Å². The van der Waals surface area contributed by atoms with Gasteiger partial charge in [-0.15, -0.1) is 16.9 Å². The van der Waals surface area contributed by atoms with E-state index in [1.165, 1.54) is 11.8 Å². The van der Waals surface area contributed by atoms with E-state index in [1.54, 1.807) is 7.11 Å². The molecule has 0 saturated heterocycles. The fourth-order valence-corrected chi connectivity index (χ4v) is 2.18. The van der Waals surface area contributed by atoms with Gasteiger partial charge in [-0.3, -0.25) is 5.41 Å². The Balaban J connectivity index is 2.99. The molecule has 0 atom stereocenters. The molecule has 0 aliphatic heterocycles. The Labute approximate surface area is 99.3 Å². The van der Waals surface area contributed by atoms with Gasteiger partial charge in [0.1, 0.15) is 10.9 Å². The Kier molecular flexibility index (Phi) is 4.70. The Morgan fingerprint density at radius 2 is 2.12 bits per heavy atom. The zero-order valence-corrected chi connectivity index (χ0v) is 10.5. The van der Waals surface area contributed by atoms with Gasteiger partial charge in [0.15, 0.2) is 0 Å². The van der Waals surface area contributed by atoms with Crippen molar-refractivity contribution < 1.29 is 4.74 Å². The minimum Gasteiger partial charge on any atom is -0.384 e. The fraction of sp³-hybridized carbons (Fsp3) is 0.500. The van der Waals surface area contributed by atoms with Crippen molar-refractivity contribution in [2.24, 2.45) is 5.73 Å². The van der Waals surface area contributed by atoms with E-state index in [0.717, 1.165) is 17.0 Å². The Morgan fingerprint density at radius 3 is 2.69 bits per heavy atom. The highest BCUT2D eigenvalue weighted by Gasteiger charge is 2.13. The second-order valence-electron chi connectivity index (χ2n) is 3.35. The lowest BCUT2D eigenvalue weighted by Crippen LogP contribution is -2.17. The smallest absolute Gasteiger partial charge is 0.130 e. The van der Waals surface area contributed by atoms with Crippen LogP contribution in [0.4, 0.5) is 0 Å². The molecule has 0 spiro atoms. The molecular formula is C10H16N4OS. The van der Waals surface area contributed by atoms with Crippen LogP contribution in [0.2, 0.25) is 0 Å². The summed E-state index contributed by atoms with van der Waals surface area (Å²) in [7, 11) is 1.65. The predicted molar refractivity (Wildman–Crippen MR) is 65.1 cm³/mol. The normalized spacial score (nSPS) is 10.4. The highest BCUT2D eigenvalue weighted by atomic mass is 32.2. The van der Waals surface area contributed by atoms with Crippen LogP contribution in [0.3, 0.4) is 0 Å². The average molecular weight is 240 g/mol. The number of nitrogen functional groups attached to an aromatic ring is 1. The van der Waals surface area contributed by atoms with Crippen LogP contribution in [0.5, 0.6) is 0 Å². The quantitative estimate of drug-likeness (QED) is 0.348. The molecule has 0 aliphatic rings. The Bertz CT molecular complexity index is 395. The zero-order valence-electron chi connectivity index (χ0n) is 9.70. The second-order valence-corrected chi connectivity index (χ2v) is 4.43. The van der Waals surface area contributed by atoms with Gasteiger partial charge >= 0.3 is 0 Å². The van der Waals surface area contributed by atoms with E-state index in [4.69, 9.17) is 15.9 Å². The van der Waals surface area contributed by atoms with Crippen molar-refractivity contribution in [3.63, 3.8) is 0 Å². The number of nitrogens with zero attached hydrogens (tertiary/aromatic N) is 2. The number of ether oxygens (including phenoxy) is 1. The lowest BCUT2D eigenvalue weighted by Gasteiger charge is -2.10. The molecule has 16 heavy (non-hydrogen) atoms. The van der Waals surface area contributed by atoms with Crippen LogP contribution in [0.15, 0.2) is 5.03 Å². The number of thioether (sulfide) groups is 1. The van der Waals surface area contributed by atoms with Gasteiger partial charge in [0.2, 0.25) is 0 Å². The van der Waals surface area contributed by atoms with Gasteiger partial charge in [0, 0.05) is 12.9 Å². The SMILES string of the molecule is COCCSc1nnc(C)c(C)c1C(=N)N. The van der Waals surface area contributed by atoms with E-state index in [1.807, 2.05) is 13.8 Å². The number of nitrogens with two attached hydrogens (primary N) is 1. The molecule has 0 bridgehead atoms. The molecule has 6 heteroatoms. The standard InChI is InChI=1S/C10H16N4OS/c1-6-7(2)13-14-10(8(6)9(11)12)16-5-4-15-3/h4-5H2,1-3H3,(H3,11,12). The molecule has 1 heterocycles. The van der Waals surface area contributed by atoms with Gasteiger partial charge in [0.25, 0.3) is 0 Å². The van der Waals surface area contributed by atoms with Crippen molar-refractivity contribution in [1.82, 2.24) is 10.2 Å². The lowest BCUT2D eigenvalue weighted by atomic mass is 10.1. The molecule has 0 aliphatic carbocycles. The summed E-state index contributed by atoms with van der Waals surface area (Å²) >= 11 is 1.50. The van der Waals surface area contributed by atoms with Gasteiger partial charge in [-0.25, -0.2) is 0 Å². The molecule has 1 aromatic heterocycles. The third kappa shape index (κ3) is 2.93. The molecule has 0 amide bonds. The molecule has 3 N–H and O–H groups in total. The van der Waals surface area contributed by atoms with Crippen molar-refractivity contribution in [3.05, 3.63) is 16.8 Å². The van der Waals surface area contributed by atoms with Crippen molar-refractivity contribution >= 4 is 17.6 Å². The van der Waals surface area contributed by atoms with E-state index < -0.39 is 0 Å². The fourth-order valence-electron chi connectivity index (χ4n) is 1.23. The first-order valence-electron chi connectivity index (χ1n) is 4.88. The van der Waals surface area contributed by atoms with E-state index in [0.29, 0.717) is 17.2 Å². The number of hydrogen-bond acceptors (Lipinski definition) is 5. The molecule has 0 radical (unpaired) electrons. The number of nitrogens with one attached hydrogen (secondary N) is 1. The maximum atomic E-state index is 7.56. The van der Waals surface area contributed by atoms with E-state index >= 15 is 0 Å². The van der Waals surface area contributed by atoms with Crippen LogP contribution in [-0.4, -0.2) is 35.5 Å². The van der Waals surface area contributed by atoms with Crippen molar-refractivity contribution in [2.75, 3.05) is 19.5 Å². The van der Waals surface area contributed by atoms with Crippen LogP contribution < -0.4 is 5.73 Å². The van der Waals surface area contributed by atoms with Crippen LogP contribution >= 0.6 is 11.8 Å². The Hall–Kier alpha value is -1.14. The number of methoxy groups -OCH3 is 1. The highest BCUT2D eigenvalue weighted by molar-refractivity contribution is 7.99. The van der Waals surface area contributed by atoms with Gasteiger partial charge in [-0.2, -0.15) is 5.10 Å². The summed E-state index contributed by atoms with van der Waals surface area (Å²) in [5.74, 6) is 0.809. The topological polar surface area (TPSA) is 84.9 Å². The predicted octanol–water partition coefficient (Wildman–Crippen LogP) is 1.12. The monoisotopic (exact) mass is 240 g/mol. The first-order valence-corrected chi connectivity index (χ1v) is 5.86. The van der Waals surface area contributed by atoms with Crippen LogP contribution in [0.25, 0.3) is 0 Å². The lowest BCUT2D eigenvalue weighted by molar-refractivity contribution is 0.218. The largest absolute Gasteiger partial charge is 0.384 e. The molecule has 0 unspecified atom stereocenters. The number of aromatic nitrogens is 2. The molecule has 1 rings (SSSR count). The average Bonchev–Trinajstić information content (AvgIpc) is 2.23. The van der Waals surface area contributed by atoms with E-state index in [-0.39, 0.29) is 5.84 Å². The molecular weight excluding hydrogens is 224 g/mol. The third-order valence-electron chi connectivity index (χ3n) is 2.22. The van der Waals surface area contributed by atoms with Crippen LogP contribution in [-0.2, 0) is 4.74 Å². The van der Waals surface area contributed by atoms with Gasteiger partial charge in [0.05, 0.1) is 17.9 Å². The minimum atomic E-state index is 0.0374. The number of rotatable bonds is 5. The highest BCUT2D eigenvalue weighted by Crippen LogP contribution is 2.23. The summed E-state index contributed by atoms with van der Waals surface area (Å²) in [5, 5.41) is 16.4. The number of hydrogen-bond donors (Lipinski definition) is 2. The third-order valence-corrected chi connectivity index (χ3v) is 3.15. The zero-order chi connectivity index (χ0) is 12.1. The first kappa shape index (κ1) is 12.9. The number of aryl methyl sites for hydroxylation is 1. The van der Waals surface area contributed by atoms with Crippen LogP contribution in [0.1, 0.15) is 16.8 Å².